The summed E-state index contributed by atoms with van der Waals surface area (Å²) in [7, 11) is 2.12. The number of oxazole rings is 1. The van der Waals surface area contributed by atoms with Gasteiger partial charge in [-0.3, -0.25) is 4.79 Å². The minimum atomic E-state index is 0.170. The third-order valence-corrected chi connectivity index (χ3v) is 5.13. The minimum Gasteiger partial charge on any atom is -0.441 e. The van der Waals surface area contributed by atoms with Gasteiger partial charge in [0.1, 0.15) is 11.5 Å². The van der Waals surface area contributed by atoms with Crippen LogP contribution in [0.3, 0.4) is 0 Å². The molecule has 24 heavy (non-hydrogen) atoms. The van der Waals surface area contributed by atoms with Crippen molar-refractivity contribution in [2.24, 2.45) is 5.92 Å². The Morgan fingerprint density at radius 3 is 2.67 bits per heavy atom. The topological polar surface area (TPSA) is 49.6 Å². The number of carbonyl (C=O) groups is 1. The van der Waals surface area contributed by atoms with Crippen molar-refractivity contribution < 1.29 is 9.21 Å². The number of fused-ring (bicyclic) bond motifs is 1. The van der Waals surface area contributed by atoms with E-state index >= 15 is 0 Å². The molecule has 2 aliphatic heterocycles. The fourth-order valence-electron chi connectivity index (χ4n) is 3.60. The van der Waals surface area contributed by atoms with E-state index in [1.807, 2.05) is 35.2 Å². The van der Waals surface area contributed by atoms with Gasteiger partial charge in [0.25, 0.3) is 0 Å². The van der Waals surface area contributed by atoms with Gasteiger partial charge in [0.2, 0.25) is 11.8 Å². The molecule has 1 saturated heterocycles. The minimum absolute atomic E-state index is 0.170. The smallest absolute Gasteiger partial charge is 0.226 e. The molecule has 0 unspecified atom stereocenters. The predicted octanol–water partition coefficient (Wildman–Crippen LogP) is 2.57. The summed E-state index contributed by atoms with van der Waals surface area (Å²) in [6, 6.07) is 9.94. The van der Waals surface area contributed by atoms with Crippen LogP contribution in [0.1, 0.15) is 24.3 Å². The van der Waals surface area contributed by atoms with E-state index in [1.54, 1.807) is 0 Å². The molecule has 0 radical (unpaired) electrons. The van der Waals surface area contributed by atoms with Crippen LogP contribution >= 0.6 is 0 Å². The number of nitrogens with zero attached hydrogens (tertiary/aromatic N) is 3. The maximum Gasteiger partial charge on any atom is 0.226 e. The zero-order chi connectivity index (χ0) is 16.5. The highest BCUT2D eigenvalue weighted by molar-refractivity contribution is 5.79. The van der Waals surface area contributed by atoms with Crippen molar-refractivity contribution in [3.63, 3.8) is 0 Å². The maximum atomic E-state index is 12.8. The van der Waals surface area contributed by atoms with Gasteiger partial charge in [0.15, 0.2) is 0 Å². The fraction of sp³-hybridized carbons (Fsp3) is 0.474. The van der Waals surface area contributed by atoms with Crippen LogP contribution in [-0.2, 0) is 17.8 Å². The van der Waals surface area contributed by atoms with Gasteiger partial charge < -0.3 is 14.2 Å². The van der Waals surface area contributed by atoms with E-state index in [-0.39, 0.29) is 11.8 Å². The van der Waals surface area contributed by atoms with Gasteiger partial charge in [-0.05, 0) is 45.1 Å². The third kappa shape index (κ3) is 2.96. The Bertz CT molecular complexity index is 717. The number of hydrogen-bond acceptors (Lipinski definition) is 4. The number of rotatable bonds is 2. The molecular weight excluding hydrogens is 302 g/mol. The van der Waals surface area contributed by atoms with Crippen molar-refractivity contribution in [2.45, 2.75) is 25.8 Å². The number of benzene rings is 1. The normalized spacial score (nSPS) is 19.3. The monoisotopic (exact) mass is 325 g/mol. The van der Waals surface area contributed by atoms with Gasteiger partial charge in [-0.25, -0.2) is 4.98 Å². The number of carbonyl (C=O) groups excluding carboxylic acids is 1. The molecule has 2 aliphatic rings. The molecule has 2 aromatic rings. The van der Waals surface area contributed by atoms with E-state index in [4.69, 9.17) is 4.42 Å². The Morgan fingerprint density at radius 2 is 1.92 bits per heavy atom. The summed E-state index contributed by atoms with van der Waals surface area (Å²) in [6.45, 7) is 3.34. The average molecular weight is 325 g/mol. The molecule has 1 fully saturated rings. The first kappa shape index (κ1) is 15.4. The second kappa shape index (κ2) is 6.40. The summed E-state index contributed by atoms with van der Waals surface area (Å²) in [5.74, 6) is 2.05. The highest BCUT2D eigenvalue weighted by Gasteiger charge is 2.31. The van der Waals surface area contributed by atoms with Gasteiger partial charge in [-0.1, -0.05) is 18.2 Å². The molecule has 1 aromatic carbocycles. The van der Waals surface area contributed by atoms with E-state index in [0.29, 0.717) is 12.4 Å². The molecular formula is C19H23N3O2. The maximum absolute atomic E-state index is 12.8. The largest absolute Gasteiger partial charge is 0.441 e. The van der Waals surface area contributed by atoms with E-state index in [2.05, 4.69) is 16.9 Å². The molecule has 4 rings (SSSR count). The van der Waals surface area contributed by atoms with E-state index in [0.717, 1.165) is 55.9 Å². The highest BCUT2D eigenvalue weighted by atomic mass is 16.4. The summed E-state index contributed by atoms with van der Waals surface area (Å²) in [5.41, 5.74) is 1.90. The first-order valence-electron chi connectivity index (χ1n) is 8.72. The van der Waals surface area contributed by atoms with Crippen LogP contribution in [0, 0.1) is 5.92 Å². The molecule has 0 saturated carbocycles. The average Bonchev–Trinajstić information content (AvgIpc) is 3.06. The molecule has 0 spiro atoms. The molecule has 0 bridgehead atoms. The van der Waals surface area contributed by atoms with Crippen LogP contribution in [0.25, 0.3) is 11.5 Å². The number of piperidine rings is 1. The van der Waals surface area contributed by atoms with Gasteiger partial charge in [-0.2, -0.15) is 0 Å². The van der Waals surface area contributed by atoms with Gasteiger partial charge in [0.05, 0.1) is 6.54 Å². The SMILES string of the molecule is CN1CCC(C(=O)N2CCc3oc(-c4ccccc4)nc3C2)CC1. The summed E-state index contributed by atoms with van der Waals surface area (Å²) < 4.78 is 5.92. The zero-order valence-electron chi connectivity index (χ0n) is 14.1. The van der Waals surface area contributed by atoms with Gasteiger partial charge in [-0.15, -0.1) is 0 Å². The van der Waals surface area contributed by atoms with Crippen LogP contribution < -0.4 is 0 Å². The second-order valence-electron chi connectivity index (χ2n) is 6.84. The van der Waals surface area contributed by atoms with Crippen molar-refractivity contribution in [3.8, 4) is 11.5 Å². The van der Waals surface area contributed by atoms with E-state index < -0.39 is 0 Å². The van der Waals surface area contributed by atoms with Crippen molar-refractivity contribution in [1.29, 1.82) is 0 Å². The lowest BCUT2D eigenvalue weighted by atomic mass is 9.95. The Balaban J connectivity index is 1.48. The van der Waals surface area contributed by atoms with Gasteiger partial charge in [0, 0.05) is 24.4 Å². The molecule has 5 nitrogen and oxygen atoms in total. The Hall–Kier alpha value is -2.14. The van der Waals surface area contributed by atoms with Crippen molar-refractivity contribution >= 4 is 5.91 Å². The summed E-state index contributed by atoms with van der Waals surface area (Å²) in [4.78, 5) is 21.7. The van der Waals surface area contributed by atoms with Crippen LogP contribution in [0.4, 0.5) is 0 Å². The first-order chi connectivity index (χ1) is 11.7. The molecule has 1 aromatic heterocycles. The van der Waals surface area contributed by atoms with Crippen molar-refractivity contribution in [3.05, 3.63) is 41.8 Å². The molecule has 1 amide bonds. The van der Waals surface area contributed by atoms with Crippen LogP contribution in [0.5, 0.6) is 0 Å². The van der Waals surface area contributed by atoms with Crippen molar-refractivity contribution in [2.75, 3.05) is 26.7 Å². The number of aromatic nitrogens is 1. The number of amides is 1. The zero-order valence-corrected chi connectivity index (χ0v) is 14.1. The Labute approximate surface area is 142 Å². The van der Waals surface area contributed by atoms with Crippen molar-refractivity contribution in [1.82, 2.24) is 14.8 Å². The highest BCUT2D eigenvalue weighted by Crippen LogP contribution is 2.28. The van der Waals surface area contributed by atoms with Gasteiger partial charge >= 0.3 is 0 Å². The summed E-state index contributed by atoms with van der Waals surface area (Å²) in [6.07, 6.45) is 2.69. The third-order valence-electron chi connectivity index (χ3n) is 5.13. The summed E-state index contributed by atoms with van der Waals surface area (Å²) in [5, 5.41) is 0. The second-order valence-corrected chi connectivity index (χ2v) is 6.84. The Morgan fingerprint density at radius 1 is 1.17 bits per heavy atom. The van der Waals surface area contributed by atoms with E-state index in [9.17, 15) is 4.79 Å². The molecule has 3 heterocycles. The van der Waals surface area contributed by atoms with Crippen LogP contribution in [0.2, 0.25) is 0 Å². The quantitative estimate of drug-likeness (QED) is 0.851. The molecule has 5 heteroatoms. The number of likely N-dealkylation sites (tertiary alicyclic amines) is 1. The fourth-order valence-corrected chi connectivity index (χ4v) is 3.60. The standard InChI is InChI=1S/C19H23N3O2/c1-21-10-7-15(8-11-21)19(23)22-12-9-17-16(13-22)20-18(24-17)14-5-3-2-4-6-14/h2-6,15H,7-13H2,1H3. The Kier molecular flexibility index (Phi) is 4.10. The van der Waals surface area contributed by atoms with Crippen LogP contribution in [0.15, 0.2) is 34.7 Å². The number of hydrogen-bond donors (Lipinski definition) is 0. The van der Waals surface area contributed by atoms with E-state index in [1.165, 1.54) is 0 Å². The molecule has 126 valence electrons. The van der Waals surface area contributed by atoms with Crippen LogP contribution in [-0.4, -0.2) is 47.4 Å². The molecule has 0 atom stereocenters. The lowest BCUT2D eigenvalue weighted by Gasteiger charge is -2.33. The lowest BCUT2D eigenvalue weighted by molar-refractivity contribution is -0.138. The lowest BCUT2D eigenvalue weighted by Crippen LogP contribution is -2.43. The first-order valence-corrected chi connectivity index (χ1v) is 8.72. The summed E-state index contributed by atoms with van der Waals surface area (Å²) >= 11 is 0. The molecule has 0 aliphatic carbocycles. The predicted molar refractivity (Wildman–Crippen MR) is 91.3 cm³/mol. The molecule has 0 N–H and O–H groups in total.